The van der Waals surface area contributed by atoms with Crippen molar-refractivity contribution < 1.29 is 15.0 Å². The number of phenolic OH excluding ortho intramolecular Hbond substituents is 1. The molecule has 104 valence electrons. The van der Waals surface area contributed by atoms with Gasteiger partial charge in [0.2, 0.25) is 0 Å². The number of halogens is 1. The lowest BCUT2D eigenvalue weighted by atomic mass is 10.2. The van der Waals surface area contributed by atoms with E-state index in [0.717, 1.165) is 11.3 Å². The topological polar surface area (TPSA) is 60.8 Å². The quantitative estimate of drug-likeness (QED) is 0.888. The van der Waals surface area contributed by atoms with E-state index in [-0.39, 0.29) is 12.3 Å². The van der Waals surface area contributed by atoms with Crippen molar-refractivity contribution in [3.63, 3.8) is 0 Å². The summed E-state index contributed by atoms with van der Waals surface area (Å²) in [5.41, 5.74) is 1.65. The molecule has 0 unspecified atom stereocenters. The summed E-state index contributed by atoms with van der Waals surface area (Å²) in [5, 5.41) is 18.8. The Balaban J connectivity index is 2.23. The minimum absolute atomic E-state index is 0.124. The number of anilines is 1. The van der Waals surface area contributed by atoms with Crippen LogP contribution in [0.15, 0.2) is 48.5 Å². The van der Waals surface area contributed by atoms with Crippen molar-refractivity contribution in [3.8, 4) is 5.75 Å². The summed E-state index contributed by atoms with van der Waals surface area (Å²) in [6.45, 7) is 0.300. The Kier molecular flexibility index (Phi) is 4.48. The molecule has 2 rings (SSSR count). The molecule has 0 atom stereocenters. The molecule has 2 N–H and O–H groups in total. The average molecular weight is 292 g/mol. The van der Waals surface area contributed by atoms with Gasteiger partial charge in [0, 0.05) is 17.3 Å². The maximum absolute atomic E-state index is 11.0. The molecule has 2 aromatic carbocycles. The fraction of sp³-hybridized carbons (Fsp3) is 0.133. The van der Waals surface area contributed by atoms with Gasteiger partial charge in [0.05, 0.1) is 0 Å². The first-order chi connectivity index (χ1) is 9.54. The number of phenols is 1. The van der Waals surface area contributed by atoms with Crippen LogP contribution in [0.1, 0.15) is 5.56 Å². The molecule has 0 radical (unpaired) electrons. The third-order valence-electron chi connectivity index (χ3n) is 2.81. The Morgan fingerprint density at radius 1 is 1.15 bits per heavy atom. The monoisotopic (exact) mass is 291 g/mol. The van der Waals surface area contributed by atoms with Crippen molar-refractivity contribution in [2.45, 2.75) is 6.54 Å². The van der Waals surface area contributed by atoms with Gasteiger partial charge in [-0.25, -0.2) is 0 Å². The molecule has 0 bridgehead atoms. The van der Waals surface area contributed by atoms with Gasteiger partial charge in [-0.1, -0.05) is 29.8 Å². The molecule has 0 aliphatic heterocycles. The minimum atomic E-state index is -0.913. The normalized spacial score (nSPS) is 10.2. The van der Waals surface area contributed by atoms with Crippen LogP contribution >= 0.6 is 11.6 Å². The summed E-state index contributed by atoms with van der Waals surface area (Å²) < 4.78 is 0. The van der Waals surface area contributed by atoms with E-state index in [1.165, 1.54) is 0 Å². The average Bonchev–Trinajstić information content (AvgIpc) is 2.40. The molecular formula is C15H14ClNO3. The van der Waals surface area contributed by atoms with Crippen LogP contribution in [-0.4, -0.2) is 22.7 Å². The lowest BCUT2D eigenvalue weighted by Gasteiger charge is -2.23. The number of carboxylic acids is 1. The van der Waals surface area contributed by atoms with Crippen molar-refractivity contribution in [1.82, 2.24) is 0 Å². The molecule has 4 nitrogen and oxygen atoms in total. The fourth-order valence-electron chi connectivity index (χ4n) is 1.90. The minimum Gasteiger partial charge on any atom is -0.508 e. The van der Waals surface area contributed by atoms with Crippen LogP contribution < -0.4 is 4.90 Å². The molecule has 0 saturated heterocycles. The Morgan fingerprint density at radius 2 is 1.85 bits per heavy atom. The summed E-state index contributed by atoms with van der Waals surface area (Å²) in [6, 6.07) is 13.7. The molecule has 0 aliphatic rings. The summed E-state index contributed by atoms with van der Waals surface area (Å²) >= 11 is 5.94. The zero-order chi connectivity index (χ0) is 14.5. The third kappa shape index (κ3) is 3.90. The first-order valence-electron chi connectivity index (χ1n) is 6.05. The fourth-order valence-corrected chi connectivity index (χ4v) is 2.08. The second-order valence-electron chi connectivity index (χ2n) is 4.40. The van der Waals surface area contributed by atoms with Crippen LogP contribution in [0.5, 0.6) is 5.75 Å². The summed E-state index contributed by atoms with van der Waals surface area (Å²) in [6.07, 6.45) is 0. The Labute approximate surface area is 121 Å². The molecule has 5 heteroatoms. The molecule has 0 heterocycles. The van der Waals surface area contributed by atoms with E-state index in [2.05, 4.69) is 0 Å². The van der Waals surface area contributed by atoms with Gasteiger partial charge in [-0.2, -0.15) is 0 Å². The van der Waals surface area contributed by atoms with E-state index < -0.39 is 5.97 Å². The van der Waals surface area contributed by atoms with E-state index >= 15 is 0 Å². The predicted octanol–water partition coefficient (Wildman–Crippen LogP) is 3.14. The van der Waals surface area contributed by atoms with E-state index in [9.17, 15) is 9.90 Å². The van der Waals surface area contributed by atoms with Crippen molar-refractivity contribution in [1.29, 1.82) is 0 Å². The second-order valence-corrected chi connectivity index (χ2v) is 4.83. The number of aromatic hydroxyl groups is 1. The van der Waals surface area contributed by atoms with Gasteiger partial charge in [0.1, 0.15) is 12.3 Å². The van der Waals surface area contributed by atoms with Gasteiger partial charge in [-0.15, -0.1) is 0 Å². The van der Waals surface area contributed by atoms with Crippen molar-refractivity contribution in [3.05, 3.63) is 59.1 Å². The maximum Gasteiger partial charge on any atom is 0.323 e. The molecule has 0 saturated carbocycles. The van der Waals surface area contributed by atoms with Crippen molar-refractivity contribution in [2.75, 3.05) is 11.4 Å². The van der Waals surface area contributed by atoms with Gasteiger partial charge < -0.3 is 15.1 Å². The largest absolute Gasteiger partial charge is 0.508 e. The predicted molar refractivity (Wildman–Crippen MR) is 78.2 cm³/mol. The van der Waals surface area contributed by atoms with Crippen LogP contribution in [0, 0.1) is 0 Å². The Bertz CT molecular complexity index is 598. The number of benzene rings is 2. The van der Waals surface area contributed by atoms with Crippen LogP contribution in [0.4, 0.5) is 5.69 Å². The van der Waals surface area contributed by atoms with Gasteiger partial charge in [0.15, 0.2) is 0 Å². The van der Waals surface area contributed by atoms with E-state index in [0.29, 0.717) is 11.6 Å². The van der Waals surface area contributed by atoms with E-state index in [4.69, 9.17) is 16.7 Å². The second kappa shape index (κ2) is 6.30. The van der Waals surface area contributed by atoms with Crippen LogP contribution in [0.25, 0.3) is 0 Å². The number of aliphatic carboxylic acids is 1. The highest BCUT2D eigenvalue weighted by Crippen LogP contribution is 2.22. The highest BCUT2D eigenvalue weighted by molar-refractivity contribution is 6.30. The molecule has 0 amide bonds. The standard InChI is InChI=1S/C15H14ClNO3/c16-12-2-1-3-13(8-12)17(10-15(19)20)9-11-4-6-14(18)7-5-11/h1-8,18H,9-10H2,(H,19,20). The first kappa shape index (κ1) is 14.2. The van der Waals surface area contributed by atoms with Gasteiger partial charge in [-0.3, -0.25) is 4.79 Å². The first-order valence-corrected chi connectivity index (χ1v) is 6.42. The Hall–Kier alpha value is -2.20. The van der Waals surface area contributed by atoms with Gasteiger partial charge >= 0.3 is 5.97 Å². The highest BCUT2D eigenvalue weighted by Gasteiger charge is 2.11. The SMILES string of the molecule is O=C(O)CN(Cc1ccc(O)cc1)c1cccc(Cl)c1. The van der Waals surface area contributed by atoms with E-state index in [1.807, 2.05) is 6.07 Å². The summed E-state index contributed by atoms with van der Waals surface area (Å²) in [5.74, 6) is -0.731. The lowest BCUT2D eigenvalue weighted by Crippen LogP contribution is -2.29. The maximum atomic E-state index is 11.0. The number of hydrogen-bond donors (Lipinski definition) is 2. The molecule has 2 aromatic rings. The molecule has 0 aliphatic carbocycles. The summed E-state index contributed by atoms with van der Waals surface area (Å²) in [7, 11) is 0. The number of rotatable bonds is 5. The van der Waals surface area contributed by atoms with Gasteiger partial charge in [0.25, 0.3) is 0 Å². The smallest absolute Gasteiger partial charge is 0.323 e. The third-order valence-corrected chi connectivity index (χ3v) is 3.04. The van der Waals surface area contributed by atoms with Gasteiger partial charge in [-0.05, 0) is 35.9 Å². The zero-order valence-electron chi connectivity index (χ0n) is 10.7. The zero-order valence-corrected chi connectivity index (χ0v) is 11.4. The molecule has 0 aromatic heterocycles. The molecule has 20 heavy (non-hydrogen) atoms. The van der Waals surface area contributed by atoms with Crippen LogP contribution in [0.3, 0.4) is 0 Å². The number of nitrogens with zero attached hydrogens (tertiary/aromatic N) is 1. The van der Waals surface area contributed by atoms with Crippen molar-refractivity contribution in [2.24, 2.45) is 0 Å². The van der Waals surface area contributed by atoms with Crippen LogP contribution in [0.2, 0.25) is 5.02 Å². The van der Waals surface area contributed by atoms with Crippen LogP contribution in [-0.2, 0) is 11.3 Å². The number of carboxylic acid groups (broad SMARTS) is 1. The highest BCUT2D eigenvalue weighted by atomic mass is 35.5. The molecular weight excluding hydrogens is 278 g/mol. The summed E-state index contributed by atoms with van der Waals surface area (Å²) in [4.78, 5) is 12.7. The number of carbonyl (C=O) groups is 1. The number of hydrogen-bond acceptors (Lipinski definition) is 3. The lowest BCUT2D eigenvalue weighted by molar-refractivity contribution is -0.135. The molecule has 0 spiro atoms. The van der Waals surface area contributed by atoms with E-state index in [1.54, 1.807) is 47.4 Å². The van der Waals surface area contributed by atoms with Crippen molar-refractivity contribution >= 4 is 23.3 Å². The molecule has 0 fully saturated rings. The Morgan fingerprint density at radius 3 is 2.45 bits per heavy atom.